The van der Waals surface area contributed by atoms with Gasteiger partial charge >= 0.3 is 11.9 Å². The average Bonchev–Trinajstić information content (AvgIpc) is 2.12. The molecule has 0 saturated heterocycles. The van der Waals surface area contributed by atoms with E-state index in [4.69, 9.17) is 10.2 Å². The lowest BCUT2D eigenvalue weighted by atomic mass is 9.89. The SMILES string of the molecule is CO[C@](O)(C(=O)O)[C@H](CC(C)C)C(=O)O. The summed E-state index contributed by atoms with van der Waals surface area (Å²) in [5.74, 6) is -7.31. The van der Waals surface area contributed by atoms with Gasteiger partial charge in [0.1, 0.15) is 5.92 Å². The van der Waals surface area contributed by atoms with E-state index in [1.165, 1.54) is 0 Å². The van der Waals surface area contributed by atoms with E-state index in [9.17, 15) is 14.7 Å². The third kappa shape index (κ3) is 3.17. The Balaban J connectivity index is 5.02. The molecular weight excluding hydrogens is 204 g/mol. The van der Waals surface area contributed by atoms with Crippen LogP contribution >= 0.6 is 0 Å². The molecule has 0 saturated carbocycles. The number of carboxylic acid groups (broad SMARTS) is 2. The van der Waals surface area contributed by atoms with Gasteiger partial charge in [-0.1, -0.05) is 13.8 Å². The van der Waals surface area contributed by atoms with E-state index in [-0.39, 0.29) is 12.3 Å². The molecule has 88 valence electrons. The van der Waals surface area contributed by atoms with Crippen LogP contribution in [0.2, 0.25) is 0 Å². The van der Waals surface area contributed by atoms with Gasteiger partial charge < -0.3 is 20.1 Å². The zero-order chi connectivity index (χ0) is 12.2. The molecule has 0 aromatic rings. The van der Waals surface area contributed by atoms with Crippen molar-refractivity contribution < 1.29 is 29.6 Å². The van der Waals surface area contributed by atoms with Crippen molar-refractivity contribution in [3.8, 4) is 0 Å². The molecule has 6 nitrogen and oxygen atoms in total. The molecule has 0 rings (SSSR count). The largest absolute Gasteiger partial charge is 0.481 e. The summed E-state index contributed by atoms with van der Waals surface area (Å²) in [6, 6.07) is 0. The van der Waals surface area contributed by atoms with Crippen LogP contribution < -0.4 is 0 Å². The Kier molecular flexibility index (Phi) is 4.70. The number of aliphatic carboxylic acids is 2. The molecule has 0 aliphatic rings. The fraction of sp³-hybridized carbons (Fsp3) is 0.778. The van der Waals surface area contributed by atoms with Crippen LogP contribution in [0.1, 0.15) is 20.3 Å². The highest BCUT2D eigenvalue weighted by molar-refractivity contribution is 5.84. The Morgan fingerprint density at radius 1 is 1.33 bits per heavy atom. The maximum atomic E-state index is 10.8. The smallest absolute Gasteiger partial charge is 0.365 e. The van der Waals surface area contributed by atoms with Crippen LogP contribution in [0, 0.1) is 11.8 Å². The third-order valence-electron chi connectivity index (χ3n) is 2.10. The number of ether oxygens (including phenoxy) is 1. The van der Waals surface area contributed by atoms with Crippen molar-refractivity contribution in [2.75, 3.05) is 7.11 Å². The zero-order valence-electron chi connectivity index (χ0n) is 8.93. The maximum absolute atomic E-state index is 10.8. The molecule has 0 fully saturated rings. The van der Waals surface area contributed by atoms with Crippen molar-refractivity contribution in [2.45, 2.75) is 26.1 Å². The van der Waals surface area contributed by atoms with Crippen molar-refractivity contribution in [3.05, 3.63) is 0 Å². The fourth-order valence-corrected chi connectivity index (χ4v) is 1.28. The molecule has 0 radical (unpaired) electrons. The maximum Gasteiger partial charge on any atom is 0.365 e. The van der Waals surface area contributed by atoms with Crippen LogP contribution in [0.25, 0.3) is 0 Å². The van der Waals surface area contributed by atoms with E-state index in [2.05, 4.69) is 4.74 Å². The number of carboxylic acids is 2. The lowest BCUT2D eigenvalue weighted by Gasteiger charge is -2.28. The average molecular weight is 220 g/mol. The normalized spacial score (nSPS) is 17.1. The van der Waals surface area contributed by atoms with Gasteiger partial charge in [0.05, 0.1) is 0 Å². The van der Waals surface area contributed by atoms with E-state index in [1.807, 2.05) is 0 Å². The molecule has 0 spiro atoms. The number of rotatable bonds is 6. The van der Waals surface area contributed by atoms with Gasteiger partial charge in [-0.15, -0.1) is 0 Å². The van der Waals surface area contributed by atoms with Crippen LogP contribution in [0.15, 0.2) is 0 Å². The molecule has 0 aliphatic carbocycles. The summed E-state index contributed by atoms with van der Waals surface area (Å²) < 4.78 is 4.40. The van der Waals surface area contributed by atoms with E-state index in [1.54, 1.807) is 13.8 Å². The molecule has 3 N–H and O–H groups in total. The lowest BCUT2D eigenvalue weighted by Crippen LogP contribution is -2.51. The highest BCUT2D eigenvalue weighted by Crippen LogP contribution is 2.26. The quantitative estimate of drug-likeness (QED) is 0.550. The second-order valence-corrected chi connectivity index (χ2v) is 3.73. The van der Waals surface area contributed by atoms with Crippen LogP contribution in [-0.4, -0.2) is 40.2 Å². The number of methoxy groups -OCH3 is 1. The monoisotopic (exact) mass is 220 g/mol. The predicted octanol–water partition coefficient (Wildman–Crippen LogP) is 0.153. The topological polar surface area (TPSA) is 104 Å². The minimum atomic E-state index is -2.67. The Labute approximate surface area is 87.5 Å². The number of hydrogen-bond acceptors (Lipinski definition) is 4. The third-order valence-corrected chi connectivity index (χ3v) is 2.10. The van der Waals surface area contributed by atoms with Crippen molar-refractivity contribution >= 4 is 11.9 Å². The van der Waals surface area contributed by atoms with E-state index in [0.29, 0.717) is 0 Å². The number of carbonyl (C=O) groups is 2. The lowest BCUT2D eigenvalue weighted by molar-refractivity contribution is -0.238. The first-order chi connectivity index (χ1) is 6.75. The van der Waals surface area contributed by atoms with Gasteiger partial charge in [-0.3, -0.25) is 4.79 Å². The summed E-state index contributed by atoms with van der Waals surface area (Å²) in [5, 5.41) is 27.1. The van der Waals surface area contributed by atoms with Gasteiger partial charge in [0.2, 0.25) is 0 Å². The van der Waals surface area contributed by atoms with Crippen molar-refractivity contribution in [3.63, 3.8) is 0 Å². The van der Waals surface area contributed by atoms with E-state index in [0.717, 1.165) is 7.11 Å². The summed E-state index contributed by atoms with van der Waals surface area (Å²) >= 11 is 0. The van der Waals surface area contributed by atoms with Crippen molar-refractivity contribution in [1.82, 2.24) is 0 Å². The van der Waals surface area contributed by atoms with Crippen LogP contribution in [0.3, 0.4) is 0 Å². The molecule has 0 amide bonds. The predicted molar refractivity (Wildman–Crippen MR) is 50.2 cm³/mol. The Hall–Kier alpha value is -1.14. The van der Waals surface area contributed by atoms with E-state index >= 15 is 0 Å². The molecule has 0 unspecified atom stereocenters. The van der Waals surface area contributed by atoms with Gasteiger partial charge in [0.25, 0.3) is 5.79 Å². The number of aliphatic hydroxyl groups is 1. The summed E-state index contributed by atoms with van der Waals surface area (Å²) in [5.41, 5.74) is 0. The second kappa shape index (κ2) is 5.09. The van der Waals surface area contributed by atoms with Gasteiger partial charge in [-0.25, -0.2) is 4.79 Å². The fourth-order valence-electron chi connectivity index (χ4n) is 1.28. The van der Waals surface area contributed by atoms with E-state index < -0.39 is 23.6 Å². The summed E-state index contributed by atoms with van der Waals surface area (Å²) in [7, 11) is 0.963. The Morgan fingerprint density at radius 3 is 2.00 bits per heavy atom. The Morgan fingerprint density at radius 2 is 1.80 bits per heavy atom. The highest BCUT2D eigenvalue weighted by Gasteiger charge is 2.49. The molecular formula is C9H16O6. The first-order valence-electron chi connectivity index (χ1n) is 4.49. The van der Waals surface area contributed by atoms with Crippen LogP contribution in [-0.2, 0) is 14.3 Å². The summed E-state index contributed by atoms with van der Waals surface area (Å²) in [4.78, 5) is 21.6. The molecule has 0 aliphatic heterocycles. The zero-order valence-corrected chi connectivity index (χ0v) is 8.93. The Bertz CT molecular complexity index is 249. The molecule has 15 heavy (non-hydrogen) atoms. The first kappa shape index (κ1) is 13.9. The van der Waals surface area contributed by atoms with Gasteiger partial charge in [-0.05, 0) is 12.3 Å². The minimum absolute atomic E-state index is 0.0198. The van der Waals surface area contributed by atoms with Crippen molar-refractivity contribution in [2.24, 2.45) is 11.8 Å². The highest BCUT2D eigenvalue weighted by atomic mass is 16.6. The molecule has 0 bridgehead atoms. The molecule has 0 aromatic heterocycles. The van der Waals surface area contributed by atoms with Gasteiger partial charge in [0.15, 0.2) is 0 Å². The minimum Gasteiger partial charge on any atom is -0.481 e. The molecule has 0 aromatic carbocycles. The molecule has 6 heteroatoms. The standard InChI is InChI=1S/C9H16O6/c1-5(2)4-6(7(10)11)9(14,15-3)8(12)13/h5-6,14H,4H2,1-3H3,(H,10,11)(H,12,13)/t6-,9+/m1/s1. The van der Waals surface area contributed by atoms with Gasteiger partial charge in [0, 0.05) is 7.11 Å². The molecule has 2 atom stereocenters. The second-order valence-electron chi connectivity index (χ2n) is 3.73. The number of hydrogen-bond donors (Lipinski definition) is 3. The van der Waals surface area contributed by atoms with Gasteiger partial charge in [-0.2, -0.15) is 0 Å². The molecule has 0 heterocycles. The van der Waals surface area contributed by atoms with Crippen LogP contribution in [0.5, 0.6) is 0 Å². The summed E-state index contributed by atoms with van der Waals surface area (Å²) in [6.07, 6.45) is 0.0198. The first-order valence-corrected chi connectivity index (χ1v) is 4.49. The summed E-state index contributed by atoms with van der Waals surface area (Å²) in [6.45, 7) is 3.46. The van der Waals surface area contributed by atoms with Crippen molar-refractivity contribution in [1.29, 1.82) is 0 Å². The van der Waals surface area contributed by atoms with Crippen LogP contribution in [0.4, 0.5) is 0 Å².